The topological polar surface area (TPSA) is 83.1 Å². The normalized spacial score (nSPS) is 13.2. The summed E-state index contributed by atoms with van der Waals surface area (Å²) >= 11 is 0. The minimum atomic E-state index is -0.600. The van der Waals surface area contributed by atoms with Crippen molar-refractivity contribution in [2.45, 2.75) is 73.1 Å². The molecule has 0 aliphatic carbocycles. The highest BCUT2D eigenvalue weighted by atomic mass is 16.5. The number of likely N-dealkylation sites (tertiary alicyclic amines) is 1. The molecule has 7 nitrogen and oxygen atoms in total. The Balaban J connectivity index is 0.00000205. The van der Waals surface area contributed by atoms with E-state index in [0.717, 1.165) is 81.5 Å². The fourth-order valence-corrected chi connectivity index (χ4v) is 4.86. The van der Waals surface area contributed by atoms with E-state index in [4.69, 9.17) is 4.74 Å². The number of carbonyl (C=O) groups excluding carboxylic acids is 1. The van der Waals surface area contributed by atoms with Gasteiger partial charge in [-0.15, -0.1) is 5.10 Å². The zero-order valence-electron chi connectivity index (χ0n) is 24.6. The number of hydrogen-bond acceptors (Lipinski definition) is 5. The number of hydrogen-bond donors (Lipinski definition) is 2. The number of aromatic nitrogens is 3. The van der Waals surface area contributed by atoms with E-state index >= 15 is 0 Å². The van der Waals surface area contributed by atoms with Gasteiger partial charge in [0.2, 0.25) is 11.8 Å². The molecule has 4 rings (SSSR count). The summed E-state index contributed by atoms with van der Waals surface area (Å²) in [5.74, 6) is 0.757. The minimum Gasteiger partial charge on any atom is -0.475 e. The molecular formula is C32H47N5O2. The molecule has 1 saturated heterocycles. The first-order valence-electron chi connectivity index (χ1n) is 14.6. The van der Waals surface area contributed by atoms with Gasteiger partial charge in [0.05, 0.1) is 11.1 Å². The van der Waals surface area contributed by atoms with Crippen LogP contribution in [0.4, 0.5) is 0 Å². The van der Waals surface area contributed by atoms with E-state index in [1.165, 1.54) is 11.1 Å². The molecule has 0 radical (unpaired) electrons. The second-order valence-corrected chi connectivity index (χ2v) is 10.7. The van der Waals surface area contributed by atoms with Crippen molar-refractivity contribution < 1.29 is 9.53 Å². The van der Waals surface area contributed by atoms with Crippen LogP contribution in [0.25, 0.3) is 11.3 Å². The van der Waals surface area contributed by atoms with Crippen LogP contribution in [0.15, 0.2) is 48.8 Å². The number of nitrogens with one attached hydrogen (secondary N) is 2. The number of carbonyl (C=O) groups is 1. The second kappa shape index (κ2) is 15.4. The van der Waals surface area contributed by atoms with E-state index in [1.54, 1.807) is 0 Å². The largest absolute Gasteiger partial charge is 0.475 e. The van der Waals surface area contributed by atoms with Gasteiger partial charge in [-0.05, 0) is 96.1 Å². The van der Waals surface area contributed by atoms with Crippen LogP contribution in [0, 0.1) is 12.3 Å². The van der Waals surface area contributed by atoms with Crippen LogP contribution in [-0.4, -0.2) is 58.8 Å². The Hall–Kier alpha value is -3.19. The van der Waals surface area contributed by atoms with Crippen molar-refractivity contribution in [2.24, 2.45) is 5.41 Å². The lowest BCUT2D eigenvalue weighted by atomic mass is 9.93. The zero-order chi connectivity index (χ0) is 28.1. The number of ether oxygens (including phenoxy) is 1. The van der Waals surface area contributed by atoms with Gasteiger partial charge >= 0.3 is 0 Å². The number of rotatable bonds is 13. The molecule has 3 aromatic rings. The van der Waals surface area contributed by atoms with Crippen molar-refractivity contribution in [3.05, 3.63) is 65.5 Å². The molecule has 39 heavy (non-hydrogen) atoms. The quantitative estimate of drug-likeness (QED) is 0.264. The van der Waals surface area contributed by atoms with E-state index < -0.39 is 5.41 Å². The van der Waals surface area contributed by atoms with Gasteiger partial charge in [-0.1, -0.05) is 37.6 Å². The lowest BCUT2D eigenvalue weighted by Gasteiger charge is -2.28. The van der Waals surface area contributed by atoms with Gasteiger partial charge in [0.15, 0.2) is 0 Å². The van der Waals surface area contributed by atoms with Gasteiger partial charge in [-0.2, -0.15) is 0 Å². The number of H-pyrrole nitrogens is 1. The first-order valence-corrected chi connectivity index (χ1v) is 14.6. The molecule has 2 aromatic heterocycles. The Morgan fingerprint density at radius 2 is 1.79 bits per heavy atom. The van der Waals surface area contributed by atoms with Gasteiger partial charge < -0.3 is 15.0 Å². The molecule has 212 valence electrons. The van der Waals surface area contributed by atoms with Crippen molar-refractivity contribution in [1.82, 2.24) is 25.4 Å². The second-order valence-electron chi connectivity index (χ2n) is 10.7. The van der Waals surface area contributed by atoms with Gasteiger partial charge in [-0.25, -0.2) is 0 Å². The maximum atomic E-state index is 13.0. The first-order chi connectivity index (χ1) is 18.9. The molecule has 7 heteroatoms. The van der Waals surface area contributed by atoms with Crippen LogP contribution in [-0.2, 0) is 17.6 Å². The van der Waals surface area contributed by atoms with Crippen LogP contribution >= 0.6 is 0 Å². The molecule has 1 amide bonds. The molecule has 1 aliphatic heterocycles. The molecule has 0 spiro atoms. The summed E-state index contributed by atoms with van der Waals surface area (Å²) in [6.07, 6.45) is 10.0. The molecule has 1 aromatic carbocycles. The molecule has 0 unspecified atom stereocenters. The SMILES string of the molecule is CC.Cc1cccc(-c2[nH]nc(OCC(C)(C)C(=O)N3CCCC3)c2CCNCCCCc2ccncc2)c1. The zero-order valence-corrected chi connectivity index (χ0v) is 24.6. The van der Waals surface area contributed by atoms with Crippen molar-refractivity contribution in [2.75, 3.05) is 32.8 Å². The molecular weight excluding hydrogens is 486 g/mol. The highest BCUT2D eigenvalue weighted by Crippen LogP contribution is 2.31. The van der Waals surface area contributed by atoms with E-state index in [0.29, 0.717) is 12.5 Å². The third-order valence-corrected chi connectivity index (χ3v) is 7.05. The van der Waals surface area contributed by atoms with Gasteiger partial charge in [0.1, 0.15) is 6.61 Å². The van der Waals surface area contributed by atoms with Gasteiger partial charge in [0, 0.05) is 36.6 Å². The Morgan fingerprint density at radius 1 is 1.05 bits per heavy atom. The Labute approximate surface area is 234 Å². The predicted molar refractivity (Wildman–Crippen MR) is 159 cm³/mol. The molecule has 1 fully saturated rings. The summed E-state index contributed by atoms with van der Waals surface area (Å²) in [7, 11) is 0. The Bertz CT molecular complexity index is 1140. The number of amides is 1. The highest BCUT2D eigenvalue weighted by Gasteiger charge is 2.34. The monoisotopic (exact) mass is 533 g/mol. The maximum absolute atomic E-state index is 13.0. The smallest absolute Gasteiger partial charge is 0.236 e. The number of unbranched alkanes of at least 4 members (excludes halogenated alkanes) is 1. The molecule has 2 N–H and O–H groups in total. The van der Waals surface area contributed by atoms with Crippen LogP contribution < -0.4 is 10.1 Å². The van der Waals surface area contributed by atoms with Crippen molar-refractivity contribution in [3.63, 3.8) is 0 Å². The van der Waals surface area contributed by atoms with Crippen LogP contribution in [0.3, 0.4) is 0 Å². The van der Waals surface area contributed by atoms with E-state index in [-0.39, 0.29) is 5.91 Å². The van der Waals surface area contributed by atoms with Crippen molar-refractivity contribution in [3.8, 4) is 17.1 Å². The van der Waals surface area contributed by atoms with Gasteiger partial charge in [-0.3, -0.25) is 14.9 Å². The number of aromatic amines is 1. The third kappa shape index (κ3) is 8.92. The number of nitrogens with zero attached hydrogens (tertiary/aromatic N) is 3. The molecule has 3 heterocycles. The summed E-state index contributed by atoms with van der Waals surface area (Å²) in [4.78, 5) is 19.1. The average Bonchev–Trinajstić information content (AvgIpc) is 3.63. The Kier molecular flexibility index (Phi) is 12.0. The third-order valence-electron chi connectivity index (χ3n) is 7.05. The molecule has 0 atom stereocenters. The molecule has 1 aliphatic rings. The fraction of sp³-hybridized carbons (Fsp3) is 0.531. The number of aryl methyl sites for hydroxylation is 2. The van der Waals surface area contributed by atoms with E-state index in [1.807, 2.05) is 45.0 Å². The van der Waals surface area contributed by atoms with E-state index in [9.17, 15) is 4.79 Å². The predicted octanol–water partition coefficient (Wildman–Crippen LogP) is 5.99. The summed E-state index contributed by atoms with van der Waals surface area (Å²) in [5.41, 5.74) is 5.08. The standard InChI is InChI=1S/C30H41N5O2.C2H6/c1-23-9-8-11-25(21-23)27-26(14-18-31-15-5-4-10-24-12-16-32-17-13-24)28(34-33-27)37-22-30(2,3)29(36)35-19-6-7-20-35;1-2/h8-9,11-13,16-17,21,31H,4-7,10,14-15,18-20,22H2,1-3H3,(H,33,34);1-2H3. The highest BCUT2D eigenvalue weighted by molar-refractivity contribution is 5.82. The summed E-state index contributed by atoms with van der Waals surface area (Å²) in [5, 5.41) is 11.3. The fourth-order valence-electron chi connectivity index (χ4n) is 4.86. The van der Waals surface area contributed by atoms with E-state index in [2.05, 4.69) is 63.8 Å². The lowest BCUT2D eigenvalue weighted by molar-refractivity contribution is -0.140. The van der Waals surface area contributed by atoms with Crippen LogP contribution in [0.1, 0.15) is 70.1 Å². The summed E-state index contributed by atoms with van der Waals surface area (Å²) < 4.78 is 6.24. The van der Waals surface area contributed by atoms with Crippen LogP contribution in [0.2, 0.25) is 0 Å². The maximum Gasteiger partial charge on any atom is 0.236 e. The molecule has 0 bridgehead atoms. The minimum absolute atomic E-state index is 0.162. The summed E-state index contributed by atoms with van der Waals surface area (Å²) in [6, 6.07) is 12.6. The van der Waals surface area contributed by atoms with Crippen molar-refractivity contribution in [1.29, 1.82) is 0 Å². The van der Waals surface area contributed by atoms with Crippen LogP contribution in [0.5, 0.6) is 5.88 Å². The first kappa shape index (κ1) is 30.4. The van der Waals surface area contributed by atoms with Gasteiger partial charge in [0.25, 0.3) is 0 Å². The van der Waals surface area contributed by atoms with Crippen molar-refractivity contribution >= 4 is 5.91 Å². The summed E-state index contributed by atoms with van der Waals surface area (Å²) in [6.45, 7) is 13.8. The number of benzene rings is 1. The Morgan fingerprint density at radius 3 is 2.51 bits per heavy atom. The molecule has 0 saturated carbocycles. The lowest BCUT2D eigenvalue weighted by Crippen LogP contribution is -2.42. The number of pyridine rings is 1. The average molecular weight is 534 g/mol.